The maximum atomic E-state index is 13.2. The molecule has 3 aromatic carbocycles. The minimum Gasteiger partial charge on any atom is -0.377 e. The molecule has 0 fully saturated rings. The Kier molecular flexibility index (Phi) is 5.38. The summed E-state index contributed by atoms with van der Waals surface area (Å²) in [5.74, 6) is 0.0878. The van der Waals surface area contributed by atoms with E-state index in [4.69, 9.17) is 0 Å². The SMILES string of the molecule is CN(C)c1c(C(=O)c2ccc(-c3ccccc3)cc2)cccc1[SiH](C)C. The Morgan fingerprint density at radius 3 is 1.96 bits per heavy atom. The van der Waals surface area contributed by atoms with Crippen molar-refractivity contribution >= 4 is 25.5 Å². The predicted octanol–water partition coefficient (Wildman–Crippen LogP) is 4.34. The molecule has 0 amide bonds. The molecule has 0 unspecified atom stereocenters. The molecule has 0 spiro atoms. The zero-order chi connectivity index (χ0) is 18.7. The fourth-order valence-corrected chi connectivity index (χ4v) is 4.77. The third-order valence-corrected chi connectivity index (χ3v) is 6.35. The Morgan fingerprint density at radius 2 is 1.38 bits per heavy atom. The summed E-state index contributed by atoms with van der Waals surface area (Å²) in [7, 11) is 3.01. The van der Waals surface area contributed by atoms with Crippen molar-refractivity contribution in [2.24, 2.45) is 0 Å². The average molecular weight is 360 g/mol. The van der Waals surface area contributed by atoms with E-state index in [1.165, 1.54) is 5.19 Å². The van der Waals surface area contributed by atoms with Crippen LogP contribution in [0.2, 0.25) is 13.1 Å². The Morgan fingerprint density at radius 1 is 0.769 bits per heavy atom. The van der Waals surface area contributed by atoms with Crippen molar-refractivity contribution in [3.05, 3.63) is 83.9 Å². The Bertz CT molecular complexity index is 899. The molecule has 0 N–H and O–H groups in total. The van der Waals surface area contributed by atoms with Crippen LogP contribution in [0, 0.1) is 0 Å². The maximum Gasteiger partial charge on any atom is 0.195 e. The molecule has 0 saturated heterocycles. The summed E-state index contributed by atoms with van der Waals surface area (Å²) < 4.78 is 0. The van der Waals surface area contributed by atoms with Gasteiger partial charge in [0.25, 0.3) is 0 Å². The van der Waals surface area contributed by atoms with E-state index in [2.05, 4.69) is 36.2 Å². The van der Waals surface area contributed by atoms with Crippen molar-refractivity contribution in [3.63, 3.8) is 0 Å². The molecule has 0 aliphatic heterocycles. The van der Waals surface area contributed by atoms with Gasteiger partial charge in [-0.05, 0) is 22.4 Å². The first kappa shape index (κ1) is 18.1. The summed E-state index contributed by atoms with van der Waals surface area (Å²) in [4.78, 5) is 15.3. The molecule has 0 radical (unpaired) electrons. The third kappa shape index (κ3) is 3.63. The zero-order valence-corrected chi connectivity index (χ0v) is 17.0. The van der Waals surface area contributed by atoms with E-state index in [-0.39, 0.29) is 5.78 Å². The average Bonchev–Trinajstić information content (AvgIpc) is 2.67. The first-order valence-corrected chi connectivity index (χ1v) is 11.9. The van der Waals surface area contributed by atoms with Crippen LogP contribution in [0.5, 0.6) is 0 Å². The van der Waals surface area contributed by atoms with Gasteiger partial charge in [0.1, 0.15) is 0 Å². The summed E-state index contributed by atoms with van der Waals surface area (Å²) in [6.45, 7) is 4.59. The van der Waals surface area contributed by atoms with E-state index < -0.39 is 8.80 Å². The number of benzene rings is 3. The number of nitrogens with zero attached hydrogens (tertiary/aromatic N) is 1. The van der Waals surface area contributed by atoms with Gasteiger partial charge in [0.05, 0.1) is 8.80 Å². The predicted molar refractivity (Wildman–Crippen MR) is 115 cm³/mol. The molecule has 3 aromatic rings. The lowest BCUT2D eigenvalue weighted by Gasteiger charge is -2.22. The topological polar surface area (TPSA) is 20.3 Å². The highest BCUT2D eigenvalue weighted by Crippen LogP contribution is 2.24. The highest BCUT2D eigenvalue weighted by Gasteiger charge is 2.19. The molecular formula is C23H25NOSi. The maximum absolute atomic E-state index is 13.2. The minimum absolute atomic E-state index is 0.0878. The number of ketones is 1. The lowest BCUT2D eigenvalue weighted by atomic mass is 9.98. The van der Waals surface area contributed by atoms with Gasteiger partial charge in [-0.15, -0.1) is 0 Å². The second-order valence-corrected chi connectivity index (χ2v) is 10.00. The largest absolute Gasteiger partial charge is 0.377 e. The molecule has 0 bridgehead atoms. The zero-order valence-electron chi connectivity index (χ0n) is 15.9. The van der Waals surface area contributed by atoms with Gasteiger partial charge in [0, 0.05) is 30.9 Å². The molecule has 0 saturated carbocycles. The van der Waals surface area contributed by atoms with E-state index in [0.29, 0.717) is 0 Å². The van der Waals surface area contributed by atoms with Gasteiger partial charge in [-0.1, -0.05) is 79.8 Å². The molecule has 132 valence electrons. The van der Waals surface area contributed by atoms with Crippen LogP contribution in [0.25, 0.3) is 11.1 Å². The molecule has 0 aliphatic carbocycles. The van der Waals surface area contributed by atoms with Crippen molar-refractivity contribution in [1.29, 1.82) is 0 Å². The van der Waals surface area contributed by atoms with Gasteiger partial charge in [0.2, 0.25) is 0 Å². The Balaban J connectivity index is 1.99. The molecule has 0 aliphatic rings. The first-order chi connectivity index (χ1) is 12.5. The van der Waals surface area contributed by atoms with Crippen LogP contribution >= 0.6 is 0 Å². The fourth-order valence-electron chi connectivity index (χ4n) is 3.31. The smallest absolute Gasteiger partial charge is 0.195 e. The van der Waals surface area contributed by atoms with Crippen LogP contribution in [-0.2, 0) is 0 Å². The number of anilines is 1. The highest BCUT2D eigenvalue weighted by molar-refractivity contribution is 6.72. The third-order valence-electron chi connectivity index (χ3n) is 4.64. The first-order valence-electron chi connectivity index (χ1n) is 8.99. The van der Waals surface area contributed by atoms with Crippen LogP contribution in [0.3, 0.4) is 0 Å². The van der Waals surface area contributed by atoms with Crippen molar-refractivity contribution < 1.29 is 4.79 Å². The lowest BCUT2D eigenvalue weighted by molar-refractivity contribution is 0.103. The molecule has 0 atom stereocenters. The number of hydrogen-bond donors (Lipinski definition) is 0. The molecule has 2 nitrogen and oxygen atoms in total. The number of carbonyl (C=O) groups excluding carboxylic acids is 1. The summed E-state index contributed by atoms with van der Waals surface area (Å²) in [6.07, 6.45) is 0. The minimum atomic E-state index is -1.03. The molecule has 0 heterocycles. The van der Waals surface area contributed by atoms with Crippen molar-refractivity contribution in [2.45, 2.75) is 13.1 Å². The number of rotatable bonds is 5. The second kappa shape index (κ2) is 7.71. The van der Waals surface area contributed by atoms with E-state index in [1.54, 1.807) is 0 Å². The lowest BCUT2D eigenvalue weighted by Crippen LogP contribution is -2.31. The number of para-hydroxylation sites is 1. The van der Waals surface area contributed by atoms with Gasteiger partial charge in [0.15, 0.2) is 5.78 Å². The van der Waals surface area contributed by atoms with E-state index >= 15 is 0 Å². The summed E-state index contributed by atoms with van der Waals surface area (Å²) in [6, 6.07) is 24.3. The second-order valence-electron chi connectivity index (χ2n) is 7.07. The van der Waals surface area contributed by atoms with Gasteiger partial charge >= 0.3 is 0 Å². The summed E-state index contributed by atoms with van der Waals surface area (Å²) >= 11 is 0. The van der Waals surface area contributed by atoms with Crippen LogP contribution in [0.1, 0.15) is 15.9 Å². The van der Waals surface area contributed by atoms with Gasteiger partial charge in [-0.25, -0.2) is 0 Å². The molecule has 3 rings (SSSR count). The normalized spacial score (nSPS) is 10.8. The van der Waals surface area contributed by atoms with Gasteiger partial charge in [-0.2, -0.15) is 0 Å². The number of carbonyl (C=O) groups is 1. The summed E-state index contributed by atoms with van der Waals surface area (Å²) in [5, 5.41) is 1.33. The van der Waals surface area contributed by atoms with Crippen LogP contribution < -0.4 is 10.1 Å². The van der Waals surface area contributed by atoms with Crippen LogP contribution in [-0.4, -0.2) is 28.7 Å². The van der Waals surface area contributed by atoms with Crippen LogP contribution in [0.15, 0.2) is 72.8 Å². The van der Waals surface area contributed by atoms with Gasteiger partial charge < -0.3 is 4.90 Å². The molecular weight excluding hydrogens is 334 g/mol. The number of hydrogen-bond acceptors (Lipinski definition) is 2. The van der Waals surface area contributed by atoms with Crippen molar-refractivity contribution in [1.82, 2.24) is 0 Å². The highest BCUT2D eigenvalue weighted by atomic mass is 28.3. The Labute approximate surface area is 157 Å². The van der Waals surface area contributed by atoms with Crippen molar-refractivity contribution in [2.75, 3.05) is 19.0 Å². The Hall–Kier alpha value is -2.65. The van der Waals surface area contributed by atoms with E-state index in [0.717, 1.165) is 27.9 Å². The van der Waals surface area contributed by atoms with Gasteiger partial charge in [-0.3, -0.25) is 4.79 Å². The molecule has 3 heteroatoms. The van der Waals surface area contributed by atoms with Crippen LogP contribution in [0.4, 0.5) is 5.69 Å². The van der Waals surface area contributed by atoms with Crippen molar-refractivity contribution in [3.8, 4) is 11.1 Å². The van der Waals surface area contributed by atoms with E-state index in [9.17, 15) is 4.79 Å². The quantitative estimate of drug-likeness (QED) is 0.499. The monoisotopic (exact) mass is 359 g/mol. The van der Waals surface area contributed by atoms with E-state index in [1.807, 2.05) is 68.7 Å². The fraction of sp³-hybridized carbons (Fsp3) is 0.174. The molecule has 0 aromatic heterocycles. The molecule has 26 heavy (non-hydrogen) atoms. The standard InChI is InChI=1S/C23H25NOSi/c1-24(2)22-20(11-8-12-21(22)26(3)4)23(25)19-15-13-18(14-16-19)17-9-6-5-7-10-17/h5-16,26H,1-4H3. The summed E-state index contributed by atoms with van der Waals surface area (Å²) in [5.41, 5.74) is 4.88.